The van der Waals surface area contributed by atoms with E-state index in [1.165, 1.54) is 78.3 Å². The van der Waals surface area contributed by atoms with E-state index >= 15 is 0 Å². The predicted octanol–water partition coefficient (Wildman–Crippen LogP) is 11.7. The molecule has 1 aliphatic heterocycles. The van der Waals surface area contributed by atoms with Gasteiger partial charge in [-0.3, -0.25) is 0 Å². The molecule has 3 heteroatoms. The molecule has 0 bridgehead atoms. The van der Waals surface area contributed by atoms with E-state index in [1.54, 1.807) is 0 Å². The largest absolute Gasteiger partial charge is 2.00 e. The molecule has 1 heterocycles. The summed E-state index contributed by atoms with van der Waals surface area (Å²) in [7, 11) is 0. The third-order valence-corrected chi connectivity index (χ3v) is 7.48. The number of rotatable bonds is 16. The average Bonchev–Trinajstić information content (AvgIpc) is 3.16. The summed E-state index contributed by atoms with van der Waals surface area (Å²) in [5.74, 6) is 0. The van der Waals surface area contributed by atoms with Gasteiger partial charge in [0.15, 0.2) is 0 Å². The quantitative estimate of drug-likeness (QED) is 0.0826. The van der Waals surface area contributed by atoms with Gasteiger partial charge in [-0.1, -0.05) is 102 Å². The topological polar surface area (TPSA) is 25.3 Å². The van der Waals surface area contributed by atoms with E-state index in [4.69, 9.17) is 0 Å². The molecular weight excluding hydrogens is 519 g/mol. The third kappa shape index (κ3) is 10.5. The van der Waals surface area contributed by atoms with Gasteiger partial charge in [-0.05, 0) is 75.3 Å². The molecule has 0 fully saturated rings. The van der Waals surface area contributed by atoms with Crippen LogP contribution in [0.5, 0.6) is 0 Å². The van der Waals surface area contributed by atoms with Crippen LogP contribution < -0.4 is 0 Å². The van der Waals surface area contributed by atoms with Crippen LogP contribution >= 0.6 is 0 Å². The Morgan fingerprint density at radius 2 is 1.08 bits per heavy atom. The van der Waals surface area contributed by atoms with Gasteiger partial charge in [-0.25, -0.2) is 4.70 Å². The molecule has 2 aromatic rings. The number of allylic oxidation sites excluding steroid dienone is 2. The SMILES string of the molecule is CCCCCCCCc1cccc(C2=C(CCCC)C(CCCCC)=C(c3cccc(C)c3)[N+]2=[N-])c1.[CH3-].[CH3-].[Ni+2]. The molecule has 0 aromatic heterocycles. The summed E-state index contributed by atoms with van der Waals surface area (Å²) >= 11 is 0. The Kier molecular flexibility index (Phi) is 19.0. The van der Waals surface area contributed by atoms with Gasteiger partial charge >= 0.3 is 16.5 Å². The number of nitrogens with zero attached hydrogens (tertiary/aromatic N) is 2. The molecule has 218 valence electrons. The van der Waals surface area contributed by atoms with E-state index in [0.29, 0.717) is 0 Å². The summed E-state index contributed by atoms with van der Waals surface area (Å²) < 4.78 is 1.53. The van der Waals surface area contributed by atoms with E-state index in [-0.39, 0.29) is 31.3 Å². The van der Waals surface area contributed by atoms with Crippen molar-refractivity contribution in [1.29, 1.82) is 0 Å². The van der Waals surface area contributed by atoms with Gasteiger partial charge in [0.25, 0.3) is 0 Å². The monoisotopic (exact) mass is 572 g/mol. The fourth-order valence-electron chi connectivity index (χ4n) is 5.47. The van der Waals surface area contributed by atoms with Gasteiger partial charge in [0, 0.05) is 22.3 Å². The third-order valence-electron chi connectivity index (χ3n) is 7.48. The summed E-state index contributed by atoms with van der Waals surface area (Å²) in [4.78, 5) is 0. The molecule has 0 radical (unpaired) electrons. The van der Waals surface area contributed by atoms with Crippen molar-refractivity contribution in [2.75, 3.05) is 0 Å². The van der Waals surface area contributed by atoms with Crippen LogP contribution in [-0.4, -0.2) is 4.70 Å². The first-order valence-corrected chi connectivity index (χ1v) is 14.7. The van der Waals surface area contributed by atoms with Gasteiger partial charge < -0.3 is 20.4 Å². The van der Waals surface area contributed by atoms with Crippen molar-refractivity contribution < 1.29 is 21.2 Å². The Hall–Kier alpha value is -1.99. The summed E-state index contributed by atoms with van der Waals surface area (Å²) in [6.07, 6.45) is 16.9. The van der Waals surface area contributed by atoms with E-state index in [1.807, 2.05) is 0 Å². The van der Waals surface area contributed by atoms with Gasteiger partial charge in [0.2, 0.25) is 11.4 Å². The number of aryl methyl sites for hydroxylation is 2. The van der Waals surface area contributed by atoms with Crippen molar-refractivity contribution in [1.82, 2.24) is 0 Å². The zero-order chi connectivity index (χ0) is 25.8. The predicted molar refractivity (Wildman–Crippen MR) is 169 cm³/mol. The van der Waals surface area contributed by atoms with Gasteiger partial charge in [0.1, 0.15) is 0 Å². The van der Waals surface area contributed by atoms with E-state index in [0.717, 1.165) is 61.0 Å². The van der Waals surface area contributed by atoms with Crippen LogP contribution in [0.25, 0.3) is 16.9 Å². The Labute approximate surface area is 251 Å². The number of unbranched alkanes of at least 4 members (excludes halogenated alkanes) is 8. The van der Waals surface area contributed by atoms with Crippen LogP contribution in [0.15, 0.2) is 59.7 Å². The number of hydrogen-bond acceptors (Lipinski definition) is 0. The molecule has 0 amide bonds. The normalized spacial score (nSPS) is 12.8. The van der Waals surface area contributed by atoms with Crippen molar-refractivity contribution >= 4 is 11.4 Å². The zero-order valence-corrected chi connectivity index (χ0v) is 26.7. The maximum absolute atomic E-state index is 11.7. The van der Waals surface area contributed by atoms with Crippen LogP contribution in [0.4, 0.5) is 0 Å². The Bertz CT molecular complexity index is 1060. The van der Waals surface area contributed by atoms with Crippen molar-refractivity contribution in [3.05, 3.63) is 102 Å². The molecule has 2 aromatic carbocycles. The number of benzene rings is 2. The van der Waals surface area contributed by atoms with Crippen molar-refractivity contribution in [3.8, 4) is 0 Å². The van der Waals surface area contributed by atoms with E-state index in [2.05, 4.69) is 76.2 Å². The first kappa shape index (κ1) is 37.0. The molecule has 0 atom stereocenters. The molecule has 0 saturated heterocycles. The van der Waals surface area contributed by atoms with Crippen molar-refractivity contribution in [2.45, 2.75) is 118 Å². The average molecular weight is 574 g/mol. The molecule has 3 rings (SSSR count). The van der Waals surface area contributed by atoms with Gasteiger partial charge in [0.05, 0.1) is 0 Å². The second-order valence-corrected chi connectivity index (χ2v) is 10.6. The minimum atomic E-state index is 0. The fourth-order valence-corrected chi connectivity index (χ4v) is 5.47. The summed E-state index contributed by atoms with van der Waals surface area (Å²) in [6, 6.07) is 17.6. The zero-order valence-electron chi connectivity index (χ0n) is 25.7. The Balaban J connectivity index is 0.00000481. The molecule has 0 spiro atoms. The summed E-state index contributed by atoms with van der Waals surface area (Å²) in [6.45, 7) is 8.93. The van der Waals surface area contributed by atoms with Gasteiger partial charge in [-0.15, -0.1) is 0 Å². The van der Waals surface area contributed by atoms with E-state index < -0.39 is 0 Å². The van der Waals surface area contributed by atoms with Crippen LogP contribution in [0.3, 0.4) is 0 Å². The second kappa shape index (κ2) is 20.0. The minimum Gasteiger partial charge on any atom is -0.493 e. The van der Waals surface area contributed by atoms with Crippen LogP contribution in [0, 0.1) is 21.8 Å². The maximum Gasteiger partial charge on any atom is 2.00 e. The van der Waals surface area contributed by atoms with Gasteiger partial charge in [-0.2, -0.15) is 0 Å². The van der Waals surface area contributed by atoms with Crippen LogP contribution in [0.2, 0.25) is 0 Å². The van der Waals surface area contributed by atoms with Crippen LogP contribution in [0.1, 0.15) is 126 Å². The maximum atomic E-state index is 11.7. The Morgan fingerprint density at radius 1 is 0.590 bits per heavy atom. The molecule has 0 unspecified atom stereocenters. The van der Waals surface area contributed by atoms with Crippen molar-refractivity contribution in [2.24, 2.45) is 0 Å². The molecule has 0 saturated carbocycles. The molecule has 1 aliphatic rings. The number of hydrogen-bond donors (Lipinski definition) is 0. The second-order valence-electron chi connectivity index (χ2n) is 10.6. The van der Waals surface area contributed by atoms with Crippen LogP contribution in [-0.2, 0) is 22.9 Å². The van der Waals surface area contributed by atoms with E-state index in [9.17, 15) is 5.53 Å². The molecule has 0 N–H and O–H groups in total. The molecular formula is C36H54N2Ni. The molecule has 2 nitrogen and oxygen atoms in total. The molecule has 0 aliphatic carbocycles. The first-order chi connectivity index (χ1) is 17.6. The first-order valence-electron chi connectivity index (χ1n) is 14.7. The summed E-state index contributed by atoms with van der Waals surface area (Å²) in [5.41, 5.74) is 21.3. The Morgan fingerprint density at radius 3 is 1.69 bits per heavy atom. The summed E-state index contributed by atoms with van der Waals surface area (Å²) in [5, 5.41) is 0. The minimum absolute atomic E-state index is 0. The van der Waals surface area contributed by atoms with Crippen molar-refractivity contribution in [3.63, 3.8) is 0 Å². The molecule has 39 heavy (non-hydrogen) atoms. The standard InChI is InChI=1S/C34H48N2.2CH3.Ni/c1-5-8-11-12-13-15-19-28-20-17-22-30(26-28)34-31(23-10-7-3)32(24-14-9-6-2)33(36(34)35)29-21-16-18-27(4)25-29;;;/h16-18,20-22,25-26H,5-15,19,23-24H2,1-4H3;2*1H3;/q;2*-1;+2. The smallest absolute Gasteiger partial charge is 0.493 e. The fraction of sp³-hybridized carbons (Fsp3) is 0.500.